The zero-order valence-electron chi connectivity index (χ0n) is 6.36. The van der Waals surface area contributed by atoms with Crippen molar-refractivity contribution in [3.63, 3.8) is 0 Å². The van der Waals surface area contributed by atoms with Crippen molar-refractivity contribution in [3.05, 3.63) is 6.26 Å². The molecule has 0 aromatic rings. The molecule has 9 heavy (non-hydrogen) atoms. The first-order chi connectivity index (χ1) is 4.41. The Morgan fingerprint density at radius 3 is 2.33 bits per heavy atom. The molecular weight excluding hydrogens is 128 g/mol. The molecule has 0 aliphatic heterocycles. The second-order valence-electron chi connectivity index (χ2n) is 2.32. The molecule has 0 N–H and O–H groups in total. The molecule has 55 valence electrons. The molecule has 0 fully saturated rings. The van der Waals surface area contributed by atoms with Crippen LogP contribution in [0.5, 0.6) is 0 Å². The van der Waals surface area contributed by atoms with Crippen LogP contribution in [-0.4, -0.2) is 5.75 Å². The van der Waals surface area contributed by atoms with Gasteiger partial charge in [0.1, 0.15) is 0 Å². The molecule has 0 heterocycles. The molecule has 0 amide bonds. The number of hydrogen-bond acceptors (Lipinski definition) is 1. The highest BCUT2D eigenvalue weighted by molar-refractivity contribution is 8.00. The van der Waals surface area contributed by atoms with E-state index in [1.807, 2.05) is 0 Å². The highest BCUT2D eigenvalue weighted by atomic mass is 32.2. The van der Waals surface area contributed by atoms with E-state index in [0.29, 0.717) is 0 Å². The molecule has 0 bridgehead atoms. The topological polar surface area (TPSA) is 0 Å². The smallest absolute Gasteiger partial charge is 0.00235 e. The van der Waals surface area contributed by atoms with Crippen LogP contribution in [0, 0.1) is 6.26 Å². The van der Waals surface area contributed by atoms with Crippen molar-refractivity contribution in [1.82, 2.24) is 0 Å². The van der Waals surface area contributed by atoms with Gasteiger partial charge in [0, 0.05) is 6.26 Å². The predicted molar refractivity (Wildman–Crippen MR) is 46.6 cm³/mol. The molecule has 0 atom stereocenters. The van der Waals surface area contributed by atoms with Crippen molar-refractivity contribution in [1.29, 1.82) is 0 Å². The van der Waals surface area contributed by atoms with E-state index in [1.165, 1.54) is 37.9 Å². The van der Waals surface area contributed by atoms with E-state index >= 15 is 0 Å². The van der Waals surface area contributed by atoms with E-state index < -0.39 is 0 Å². The van der Waals surface area contributed by atoms with Crippen molar-refractivity contribution >= 4 is 11.8 Å². The Morgan fingerprint density at radius 2 is 1.78 bits per heavy atom. The molecule has 0 saturated carbocycles. The maximum Gasteiger partial charge on any atom is 0.00235 e. The van der Waals surface area contributed by atoms with Crippen LogP contribution in [0.15, 0.2) is 0 Å². The third-order valence-electron chi connectivity index (χ3n) is 1.39. The van der Waals surface area contributed by atoms with Gasteiger partial charge in [0.2, 0.25) is 0 Å². The van der Waals surface area contributed by atoms with E-state index in [1.54, 1.807) is 11.8 Å². The van der Waals surface area contributed by atoms with Crippen LogP contribution in [0.1, 0.15) is 39.0 Å². The summed E-state index contributed by atoms with van der Waals surface area (Å²) in [6, 6.07) is 0. The number of rotatable bonds is 6. The fraction of sp³-hybridized carbons (Fsp3) is 0.875. The Kier molecular flexibility index (Phi) is 8.67. The minimum atomic E-state index is 1.24. The lowest BCUT2D eigenvalue weighted by Gasteiger charge is -1.95. The molecule has 0 aliphatic carbocycles. The van der Waals surface area contributed by atoms with Crippen LogP contribution in [0.25, 0.3) is 0 Å². The van der Waals surface area contributed by atoms with Crippen LogP contribution in [-0.2, 0) is 0 Å². The lowest BCUT2D eigenvalue weighted by atomic mass is 10.2. The first-order valence-corrected chi connectivity index (χ1v) is 4.94. The second kappa shape index (κ2) is 8.35. The van der Waals surface area contributed by atoms with E-state index in [-0.39, 0.29) is 0 Å². The molecular formula is C8H17S. The van der Waals surface area contributed by atoms with E-state index in [9.17, 15) is 0 Å². The Balaban J connectivity index is 2.60. The average Bonchev–Trinajstić information content (AvgIpc) is 1.89. The molecule has 1 radical (unpaired) electrons. The monoisotopic (exact) mass is 145 g/mol. The summed E-state index contributed by atoms with van der Waals surface area (Å²) < 4.78 is 0. The van der Waals surface area contributed by atoms with Gasteiger partial charge in [-0.3, -0.25) is 0 Å². The first kappa shape index (κ1) is 9.35. The maximum atomic E-state index is 3.72. The quantitative estimate of drug-likeness (QED) is 0.516. The minimum absolute atomic E-state index is 1.24. The van der Waals surface area contributed by atoms with Gasteiger partial charge in [-0.05, 0) is 12.2 Å². The highest BCUT2D eigenvalue weighted by Crippen LogP contribution is 2.06. The van der Waals surface area contributed by atoms with Gasteiger partial charge in [-0.1, -0.05) is 32.6 Å². The fourth-order valence-electron chi connectivity index (χ4n) is 0.808. The van der Waals surface area contributed by atoms with Crippen molar-refractivity contribution in [2.45, 2.75) is 39.0 Å². The summed E-state index contributed by atoms with van der Waals surface area (Å²) >= 11 is 1.71. The summed E-state index contributed by atoms with van der Waals surface area (Å²) in [5.74, 6) is 1.24. The molecule has 0 aromatic carbocycles. The molecule has 0 spiro atoms. The van der Waals surface area contributed by atoms with Gasteiger partial charge in [0.25, 0.3) is 0 Å². The number of thioether (sulfide) groups is 1. The summed E-state index contributed by atoms with van der Waals surface area (Å²) in [5, 5.41) is 0. The third kappa shape index (κ3) is 8.35. The average molecular weight is 145 g/mol. The Morgan fingerprint density at radius 1 is 1.11 bits per heavy atom. The molecule has 0 unspecified atom stereocenters. The standard InChI is InChI=1S/C8H17S/c1-3-4-5-6-7-8-9-2/h2-8H2,1H3. The van der Waals surface area contributed by atoms with Gasteiger partial charge in [-0.25, -0.2) is 0 Å². The summed E-state index contributed by atoms with van der Waals surface area (Å²) in [4.78, 5) is 0. The number of unbranched alkanes of at least 4 members (excludes halogenated alkanes) is 4. The first-order valence-electron chi connectivity index (χ1n) is 3.78. The summed E-state index contributed by atoms with van der Waals surface area (Å²) in [7, 11) is 0. The normalized spacial score (nSPS) is 10.0. The Bertz CT molecular complexity index is 37.8. The molecule has 0 aromatic heterocycles. The SMILES string of the molecule is [CH2]SCCCCCCC. The number of hydrogen-bond donors (Lipinski definition) is 0. The fourth-order valence-corrected chi connectivity index (χ4v) is 1.22. The Hall–Kier alpha value is 0.350. The van der Waals surface area contributed by atoms with E-state index in [4.69, 9.17) is 0 Å². The lowest BCUT2D eigenvalue weighted by molar-refractivity contribution is 0.659. The van der Waals surface area contributed by atoms with Gasteiger partial charge >= 0.3 is 0 Å². The van der Waals surface area contributed by atoms with Crippen molar-refractivity contribution in [2.75, 3.05) is 5.75 Å². The zero-order valence-corrected chi connectivity index (χ0v) is 7.17. The van der Waals surface area contributed by atoms with Gasteiger partial charge in [0.05, 0.1) is 0 Å². The lowest BCUT2D eigenvalue weighted by Crippen LogP contribution is -1.78. The largest absolute Gasteiger partial charge is 0.161 e. The van der Waals surface area contributed by atoms with Crippen molar-refractivity contribution in [2.24, 2.45) is 0 Å². The summed E-state index contributed by atoms with van der Waals surface area (Å²) in [6.07, 6.45) is 10.6. The molecule has 1 heteroatoms. The van der Waals surface area contributed by atoms with Gasteiger partial charge in [-0.15, -0.1) is 0 Å². The summed E-state index contributed by atoms with van der Waals surface area (Å²) in [5.41, 5.74) is 0. The van der Waals surface area contributed by atoms with Crippen LogP contribution < -0.4 is 0 Å². The van der Waals surface area contributed by atoms with Crippen LogP contribution >= 0.6 is 11.8 Å². The van der Waals surface area contributed by atoms with Crippen LogP contribution in [0.4, 0.5) is 0 Å². The minimum Gasteiger partial charge on any atom is -0.161 e. The van der Waals surface area contributed by atoms with E-state index in [0.717, 1.165) is 0 Å². The van der Waals surface area contributed by atoms with Gasteiger partial charge in [0.15, 0.2) is 0 Å². The van der Waals surface area contributed by atoms with Crippen molar-refractivity contribution < 1.29 is 0 Å². The van der Waals surface area contributed by atoms with Crippen LogP contribution in [0.2, 0.25) is 0 Å². The predicted octanol–water partition coefficient (Wildman–Crippen LogP) is 3.48. The molecule has 0 saturated heterocycles. The highest BCUT2D eigenvalue weighted by Gasteiger charge is 1.86. The van der Waals surface area contributed by atoms with Gasteiger partial charge in [-0.2, -0.15) is 11.8 Å². The third-order valence-corrected chi connectivity index (χ3v) is 1.97. The molecule has 0 rings (SSSR count). The van der Waals surface area contributed by atoms with Crippen LogP contribution in [0.3, 0.4) is 0 Å². The van der Waals surface area contributed by atoms with Crippen molar-refractivity contribution in [3.8, 4) is 0 Å². The van der Waals surface area contributed by atoms with E-state index in [2.05, 4.69) is 13.2 Å². The molecule has 0 aliphatic rings. The second-order valence-corrected chi connectivity index (χ2v) is 3.14. The maximum absolute atomic E-state index is 3.72. The Labute approximate surface area is 63.4 Å². The zero-order chi connectivity index (χ0) is 6.95. The van der Waals surface area contributed by atoms with Gasteiger partial charge < -0.3 is 0 Å². The summed E-state index contributed by atoms with van der Waals surface area (Å²) in [6.45, 7) is 2.25. The molecule has 0 nitrogen and oxygen atoms in total.